The molecule has 29 heavy (non-hydrogen) atoms. The van der Waals surface area contributed by atoms with Gasteiger partial charge < -0.3 is 15.4 Å². The molecule has 5 nitrogen and oxygen atoms in total. The van der Waals surface area contributed by atoms with Gasteiger partial charge in [-0.1, -0.05) is 30.3 Å². The van der Waals surface area contributed by atoms with Gasteiger partial charge in [-0.2, -0.15) is 0 Å². The molecule has 0 aliphatic rings. The summed E-state index contributed by atoms with van der Waals surface area (Å²) in [6, 6.07) is 19.7. The van der Waals surface area contributed by atoms with E-state index < -0.39 is 0 Å². The molecule has 2 N–H and O–H groups in total. The molecule has 0 fully saturated rings. The molecule has 0 aliphatic carbocycles. The molecule has 0 saturated carbocycles. The highest BCUT2D eigenvalue weighted by atomic mass is 19.1. The summed E-state index contributed by atoms with van der Waals surface area (Å²) in [7, 11) is 0. The molecule has 0 saturated heterocycles. The maximum absolute atomic E-state index is 13.6. The number of para-hydroxylation sites is 2. The smallest absolute Gasteiger partial charge is 0.255 e. The van der Waals surface area contributed by atoms with E-state index in [2.05, 4.69) is 10.6 Å². The number of carbonyl (C=O) groups excluding carboxylic acids is 2. The molecule has 0 spiro atoms. The summed E-state index contributed by atoms with van der Waals surface area (Å²) in [4.78, 5) is 24.8. The molecule has 2 amide bonds. The summed E-state index contributed by atoms with van der Waals surface area (Å²) in [5.74, 6) is -0.433. The van der Waals surface area contributed by atoms with Gasteiger partial charge in [0.15, 0.2) is 0 Å². The van der Waals surface area contributed by atoms with Crippen LogP contribution in [0.2, 0.25) is 0 Å². The van der Waals surface area contributed by atoms with Crippen molar-refractivity contribution in [3.8, 4) is 5.75 Å². The molecule has 148 valence electrons. The van der Waals surface area contributed by atoms with Gasteiger partial charge in [-0.05, 0) is 49.4 Å². The lowest BCUT2D eigenvalue weighted by Gasteiger charge is -2.11. The number of halogens is 1. The van der Waals surface area contributed by atoms with E-state index in [9.17, 15) is 14.0 Å². The van der Waals surface area contributed by atoms with Gasteiger partial charge in [0, 0.05) is 23.2 Å². The average molecular weight is 392 g/mol. The normalized spacial score (nSPS) is 10.3. The minimum atomic E-state index is -0.368. The Morgan fingerprint density at radius 2 is 1.48 bits per heavy atom. The monoisotopic (exact) mass is 392 g/mol. The Labute approximate surface area is 168 Å². The maximum atomic E-state index is 13.6. The van der Waals surface area contributed by atoms with Crippen molar-refractivity contribution < 1.29 is 18.7 Å². The van der Waals surface area contributed by atoms with E-state index in [1.807, 2.05) is 13.0 Å². The standard InChI is InChI=1S/C23H21FN2O3/c1-2-29-21-10-6-5-9-20(21)26-23(28)17-13-11-16(12-14-17)22(27)25-15-18-7-3-4-8-19(18)24/h3-14H,2,15H2,1H3,(H,25,27)(H,26,28). The van der Waals surface area contributed by atoms with Crippen molar-refractivity contribution in [1.29, 1.82) is 0 Å². The summed E-state index contributed by atoms with van der Waals surface area (Å²) in [6.45, 7) is 2.44. The summed E-state index contributed by atoms with van der Waals surface area (Å²) in [6.07, 6.45) is 0. The molecule has 3 aromatic rings. The van der Waals surface area contributed by atoms with Gasteiger partial charge in [-0.25, -0.2) is 4.39 Å². The maximum Gasteiger partial charge on any atom is 0.255 e. The largest absolute Gasteiger partial charge is 0.492 e. The van der Waals surface area contributed by atoms with Crippen molar-refractivity contribution in [3.05, 3.63) is 95.3 Å². The van der Waals surface area contributed by atoms with E-state index in [0.29, 0.717) is 34.7 Å². The number of rotatable bonds is 7. The first kappa shape index (κ1) is 20.1. The molecule has 6 heteroatoms. The molecule has 3 aromatic carbocycles. The molecule has 0 radical (unpaired) electrons. The SMILES string of the molecule is CCOc1ccccc1NC(=O)c1ccc(C(=O)NCc2ccccc2F)cc1. The topological polar surface area (TPSA) is 67.4 Å². The Morgan fingerprint density at radius 3 is 2.17 bits per heavy atom. The fraction of sp³-hybridized carbons (Fsp3) is 0.130. The van der Waals surface area contributed by atoms with Crippen molar-refractivity contribution in [3.63, 3.8) is 0 Å². The summed E-state index contributed by atoms with van der Waals surface area (Å²) < 4.78 is 19.1. The van der Waals surface area contributed by atoms with Crippen LogP contribution in [0, 0.1) is 5.82 Å². The number of hydrogen-bond donors (Lipinski definition) is 2. The number of ether oxygens (including phenoxy) is 1. The second kappa shape index (κ2) is 9.50. The number of hydrogen-bond acceptors (Lipinski definition) is 3. The van der Waals surface area contributed by atoms with Crippen LogP contribution in [0.15, 0.2) is 72.8 Å². The lowest BCUT2D eigenvalue weighted by atomic mass is 10.1. The highest BCUT2D eigenvalue weighted by Crippen LogP contribution is 2.24. The quantitative estimate of drug-likeness (QED) is 0.626. The second-order valence-electron chi connectivity index (χ2n) is 6.23. The van der Waals surface area contributed by atoms with Crippen LogP contribution in [-0.4, -0.2) is 18.4 Å². The van der Waals surface area contributed by atoms with E-state index in [1.54, 1.807) is 60.7 Å². The third-order valence-electron chi connectivity index (χ3n) is 4.24. The van der Waals surface area contributed by atoms with Gasteiger partial charge in [0.1, 0.15) is 11.6 Å². The third kappa shape index (κ3) is 5.19. The summed E-state index contributed by atoms with van der Waals surface area (Å²) in [5, 5.41) is 5.48. The van der Waals surface area contributed by atoms with Gasteiger partial charge in [-0.15, -0.1) is 0 Å². The van der Waals surface area contributed by atoms with E-state index in [0.717, 1.165) is 0 Å². The van der Waals surface area contributed by atoms with Crippen LogP contribution in [0.3, 0.4) is 0 Å². The fourth-order valence-electron chi connectivity index (χ4n) is 2.74. The minimum Gasteiger partial charge on any atom is -0.492 e. The van der Waals surface area contributed by atoms with Crippen LogP contribution < -0.4 is 15.4 Å². The van der Waals surface area contributed by atoms with Crippen molar-refractivity contribution in [2.75, 3.05) is 11.9 Å². The van der Waals surface area contributed by atoms with Crippen LogP contribution in [0.1, 0.15) is 33.2 Å². The van der Waals surface area contributed by atoms with Crippen LogP contribution >= 0.6 is 0 Å². The third-order valence-corrected chi connectivity index (χ3v) is 4.24. The van der Waals surface area contributed by atoms with Crippen LogP contribution in [-0.2, 0) is 6.54 Å². The van der Waals surface area contributed by atoms with Gasteiger partial charge in [-0.3, -0.25) is 9.59 Å². The van der Waals surface area contributed by atoms with Crippen molar-refractivity contribution in [2.45, 2.75) is 13.5 Å². The molecule has 0 atom stereocenters. The molecular formula is C23H21FN2O3. The van der Waals surface area contributed by atoms with E-state index in [1.165, 1.54) is 6.07 Å². The van der Waals surface area contributed by atoms with E-state index in [-0.39, 0.29) is 24.2 Å². The Balaban J connectivity index is 1.63. The molecule has 0 aliphatic heterocycles. The number of amides is 2. The first-order valence-corrected chi connectivity index (χ1v) is 9.23. The van der Waals surface area contributed by atoms with Gasteiger partial charge in [0.2, 0.25) is 0 Å². The van der Waals surface area contributed by atoms with Crippen molar-refractivity contribution >= 4 is 17.5 Å². The first-order valence-electron chi connectivity index (χ1n) is 9.23. The first-order chi connectivity index (χ1) is 14.1. The van der Waals surface area contributed by atoms with E-state index >= 15 is 0 Å². The Morgan fingerprint density at radius 1 is 0.862 bits per heavy atom. The molecular weight excluding hydrogens is 371 g/mol. The van der Waals surface area contributed by atoms with Gasteiger partial charge in [0.25, 0.3) is 11.8 Å². The number of carbonyl (C=O) groups is 2. The highest BCUT2D eigenvalue weighted by molar-refractivity contribution is 6.05. The van der Waals surface area contributed by atoms with Gasteiger partial charge in [0.05, 0.1) is 12.3 Å². The summed E-state index contributed by atoms with van der Waals surface area (Å²) in [5.41, 5.74) is 1.77. The van der Waals surface area contributed by atoms with Crippen LogP contribution in [0.25, 0.3) is 0 Å². The van der Waals surface area contributed by atoms with Crippen molar-refractivity contribution in [1.82, 2.24) is 5.32 Å². The zero-order valence-electron chi connectivity index (χ0n) is 15.9. The molecule has 0 aromatic heterocycles. The number of anilines is 1. The van der Waals surface area contributed by atoms with Gasteiger partial charge >= 0.3 is 0 Å². The number of benzene rings is 3. The second-order valence-corrected chi connectivity index (χ2v) is 6.23. The molecule has 0 bridgehead atoms. The predicted molar refractivity (Wildman–Crippen MR) is 110 cm³/mol. The number of nitrogens with one attached hydrogen (secondary N) is 2. The predicted octanol–water partition coefficient (Wildman–Crippen LogP) is 4.41. The zero-order chi connectivity index (χ0) is 20.6. The Kier molecular flexibility index (Phi) is 6.58. The highest BCUT2D eigenvalue weighted by Gasteiger charge is 2.12. The molecule has 3 rings (SSSR count). The average Bonchev–Trinajstić information content (AvgIpc) is 2.74. The fourth-order valence-corrected chi connectivity index (χ4v) is 2.74. The molecule has 0 heterocycles. The lowest BCUT2D eigenvalue weighted by Crippen LogP contribution is -2.23. The van der Waals surface area contributed by atoms with Crippen molar-refractivity contribution in [2.24, 2.45) is 0 Å². The van der Waals surface area contributed by atoms with Crippen LogP contribution in [0.5, 0.6) is 5.75 Å². The Bertz CT molecular complexity index is 1000. The zero-order valence-corrected chi connectivity index (χ0v) is 15.9. The minimum absolute atomic E-state index is 0.0853. The van der Waals surface area contributed by atoms with E-state index in [4.69, 9.17) is 4.74 Å². The van der Waals surface area contributed by atoms with Crippen LogP contribution in [0.4, 0.5) is 10.1 Å². The Hall–Kier alpha value is -3.67. The lowest BCUT2D eigenvalue weighted by molar-refractivity contribution is 0.0948. The summed E-state index contributed by atoms with van der Waals surface area (Å²) >= 11 is 0. The molecule has 0 unspecified atom stereocenters.